The monoisotopic (exact) mass is 320 g/mol. The average Bonchev–Trinajstić information content (AvgIpc) is 2.71. The second-order valence-electron chi connectivity index (χ2n) is 8.04. The van der Waals surface area contributed by atoms with E-state index in [0.717, 1.165) is 19.3 Å². The Morgan fingerprint density at radius 3 is 2.70 bits per heavy atom. The summed E-state index contributed by atoms with van der Waals surface area (Å²) in [5, 5.41) is 10.5. The topological polar surface area (TPSA) is 63.6 Å². The van der Waals surface area contributed by atoms with Crippen LogP contribution in [0.3, 0.4) is 0 Å². The number of esters is 1. The Morgan fingerprint density at radius 1 is 1.35 bits per heavy atom. The minimum atomic E-state index is -1.06. The predicted octanol–water partition coefficient (Wildman–Crippen LogP) is 2.89. The molecule has 4 heteroatoms. The number of hydrogen-bond acceptors (Lipinski definition) is 4. The molecule has 2 fully saturated rings. The van der Waals surface area contributed by atoms with Crippen LogP contribution in [0.2, 0.25) is 0 Å². The molecule has 128 valence electrons. The van der Waals surface area contributed by atoms with E-state index in [1.807, 2.05) is 26.0 Å². The maximum Gasteiger partial charge on any atom is 0.313 e. The van der Waals surface area contributed by atoms with E-state index in [4.69, 9.17) is 4.74 Å². The molecule has 7 atom stereocenters. The highest BCUT2D eigenvalue weighted by molar-refractivity contribution is 5.95. The molecule has 0 bridgehead atoms. The summed E-state index contributed by atoms with van der Waals surface area (Å²) in [5.74, 6) is -0.218. The Kier molecular flexibility index (Phi) is 3.95. The van der Waals surface area contributed by atoms with Crippen LogP contribution in [0.4, 0.5) is 0 Å². The van der Waals surface area contributed by atoms with Crippen LogP contribution in [0.1, 0.15) is 53.4 Å². The zero-order valence-corrected chi connectivity index (χ0v) is 14.5. The van der Waals surface area contributed by atoms with E-state index in [1.165, 1.54) is 0 Å². The van der Waals surface area contributed by atoms with Crippen molar-refractivity contribution in [2.45, 2.75) is 65.1 Å². The first kappa shape index (κ1) is 16.7. The molecule has 1 aliphatic heterocycles. The molecule has 23 heavy (non-hydrogen) atoms. The number of carbonyl (C=O) groups excluding carboxylic acids is 2. The van der Waals surface area contributed by atoms with Crippen molar-refractivity contribution in [2.24, 2.45) is 29.1 Å². The molecule has 3 aliphatic rings. The summed E-state index contributed by atoms with van der Waals surface area (Å²) in [4.78, 5) is 25.4. The van der Waals surface area contributed by atoms with Gasteiger partial charge in [0.05, 0.1) is 11.5 Å². The lowest BCUT2D eigenvalue weighted by Crippen LogP contribution is -2.53. The molecule has 0 aromatic rings. The fourth-order valence-electron chi connectivity index (χ4n) is 5.15. The van der Waals surface area contributed by atoms with Crippen LogP contribution in [0, 0.1) is 29.1 Å². The summed E-state index contributed by atoms with van der Waals surface area (Å²) < 4.78 is 5.70. The van der Waals surface area contributed by atoms with Crippen molar-refractivity contribution in [3.8, 4) is 0 Å². The first-order chi connectivity index (χ1) is 10.8. The van der Waals surface area contributed by atoms with Gasteiger partial charge in [-0.25, -0.2) is 0 Å². The molecule has 0 aromatic carbocycles. The Labute approximate surface area is 138 Å². The predicted molar refractivity (Wildman–Crippen MR) is 86.5 cm³/mol. The van der Waals surface area contributed by atoms with Crippen LogP contribution in [0.25, 0.3) is 0 Å². The fourth-order valence-corrected chi connectivity index (χ4v) is 5.15. The number of cyclic esters (lactones) is 1. The Morgan fingerprint density at radius 2 is 2.04 bits per heavy atom. The first-order valence-electron chi connectivity index (χ1n) is 8.90. The molecule has 2 aliphatic carbocycles. The highest BCUT2D eigenvalue weighted by Crippen LogP contribution is 2.59. The number of hydrogen-bond donors (Lipinski definition) is 1. The van der Waals surface area contributed by atoms with Crippen LogP contribution >= 0.6 is 0 Å². The van der Waals surface area contributed by atoms with E-state index in [2.05, 4.69) is 6.92 Å². The number of rotatable bonds is 3. The lowest BCUT2D eigenvalue weighted by Gasteiger charge is -2.49. The Balaban J connectivity index is 2.02. The van der Waals surface area contributed by atoms with Crippen LogP contribution in [-0.4, -0.2) is 28.6 Å². The number of ether oxygens (including phenoxy) is 1. The molecule has 0 aromatic heterocycles. The van der Waals surface area contributed by atoms with Crippen LogP contribution in [0.5, 0.6) is 0 Å². The molecule has 1 saturated heterocycles. The molecule has 1 N–H and O–H groups in total. The molecule has 0 radical (unpaired) electrons. The van der Waals surface area contributed by atoms with Crippen molar-refractivity contribution < 1.29 is 19.4 Å². The maximum atomic E-state index is 12.8. The molecule has 0 spiro atoms. The fraction of sp³-hybridized carbons (Fsp3) is 0.789. The number of carbonyl (C=O) groups is 2. The van der Waals surface area contributed by atoms with Crippen molar-refractivity contribution in [2.75, 3.05) is 0 Å². The quantitative estimate of drug-likeness (QED) is 0.641. The minimum absolute atomic E-state index is 0.00917. The first-order valence-corrected chi connectivity index (χ1v) is 8.90. The molecular weight excluding hydrogens is 292 g/mol. The van der Waals surface area contributed by atoms with E-state index < -0.39 is 17.1 Å². The van der Waals surface area contributed by atoms with Crippen molar-refractivity contribution in [3.63, 3.8) is 0 Å². The third kappa shape index (κ3) is 2.14. The summed E-state index contributed by atoms with van der Waals surface area (Å²) in [5.41, 5.74) is -1.77. The van der Waals surface area contributed by atoms with Crippen LogP contribution in [0.15, 0.2) is 12.2 Å². The van der Waals surface area contributed by atoms with Gasteiger partial charge in [-0.2, -0.15) is 0 Å². The van der Waals surface area contributed by atoms with Crippen LogP contribution < -0.4 is 0 Å². The number of aliphatic hydroxyl groups is 1. The Hall–Kier alpha value is -1.16. The van der Waals surface area contributed by atoms with Crippen molar-refractivity contribution >= 4 is 11.8 Å². The number of Topliss-reactive ketones (excluding diaryl/α,β-unsaturated/α-hetero) is 1. The lowest BCUT2D eigenvalue weighted by molar-refractivity contribution is -0.161. The van der Waals surface area contributed by atoms with Gasteiger partial charge < -0.3 is 9.84 Å². The highest BCUT2D eigenvalue weighted by atomic mass is 16.6. The number of aliphatic hydroxyl groups excluding tert-OH is 1. The average molecular weight is 320 g/mol. The van der Waals surface area contributed by atoms with Gasteiger partial charge in [-0.05, 0) is 44.9 Å². The molecule has 0 amide bonds. The molecule has 1 saturated carbocycles. The van der Waals surface area contributed by atoms with Gasteiger partial charge in [0.2, 0.25) is 0 Å². The summed E-state index contributed by atoms with van der Waals surface area (Å²) in [6.07, 6.45) is 6.57. The second-order valence-corrected chi connectivity index (χ2v) is 8.04. The SMILES string of the molecule is CCCC(=O)C1(C)OC(=O)C2(C)C3CCC(C)C(O)C3C=CC12. The van der Waals surface area contributed by atoms with Gasteiger partial charge in [0, 0.05) is 18.3 Å². The second kappa shape index (κ2) is 5.44. The van der Waals surface area contributed by atoms with E-state index in [-0.39, 0.29) is 35.4 Å². The van der Waals surface area contributed by atoms with Gasteiger partial charge in [0.15, 0.2) is 11.4 Å². The summed E-state index contributed by atoms with van der Waals surface area (Å²) in [7, 11) is 0. The van der Waals surface area contributed by atoms with E-state index in [0.29, 0.717) is 6.42 Å². The third-order valence-electron chi connectivity index (χ3n) is 6.69. The largest absolute Gasteiger partial charge is 0.450 e. The van der Waals surface area contributed by atoms with Gasteiger partial charge in [-0.3, -0.25) is 9.59 Å². The molecule has 1 heterocycles. The summed E-state index contributed by atoms with van der Waals surface area (Å²) in [6.45, 7) is 7.73. The zero-order valence-electron chi connectivity index (χ0n) is 14.5. The number of ketones is 1. The molecule has 7 unspecified atom stereocenters. The molecule has 3 rings (SSSR count). The van der Waals surface area contributed by atoms with E-state index >= 15 is 0 Å². The standard InChI is InChI=1S/C19H28O4/c1-5-6-15(20)19(4)14-10-8-12-13(9-7-11(2)16(12)21)18(14,3)17(22)23-19/h8,10-14,16,21H,5-7,9H2,1-4H3. The van der Waals surface area contributed by atoms with Gasteiger partial charge in [0.1, 0.15) is 0 Å². The van der Waals surface area contributed by atoms with Gasteiger partial charge in [-0.15, -0.1) is 0 Å². The molecule has 4 nitrogen and oxygen atoms in total. The Bertz CT molecular complexity index is 554. The van der Waals surface area contributed by atoms with Crippen molar-refractivity contribution in [1.29, 1.82) is 0 Å². The summed E-state index contributed by atoms with van der Waals surface area (Å²) in [6, 6.07) is 0. The smallest absolute Gasteiger partial charge is 0.313 e. The van der Waals surface area contributed by atoms with Crippen molar-refractivity contribution in [3.05, 3.63) is 12.2 Å². The normalized spacial score (nSPS) is 48.6. The van der Waals surface area contributed by atoms with Gasteiger partial charge >= 0.3 is 5.97 Å². The lowest BCUT2D eigenvalue weighted by atomic mass is 9.53. The van der Waals surface area contributed by atoms with E-state index in [1.54, 1.807) is 6.92 Å². The molecular formula is C19H28O4. The third-order valence-corrected chi connectivity index (χ3v) is 6.69. The highest BCUT2D eigenvalue weighted by Gasteiger charge is 2.67. The minimum Gasteiger partial charge on any atom is -0.450 e. The van der Waals surface area contributed by atoms with Crippen LogP contribution in [-0.2, 0) is 14.3 Å². The van der Waals surface area contributed by atoms with Gasteiger partial charge in [-0.1, -0.05) is 26.0 Å². The van der Waals surface area contributed by atoms with Gasteiger partial charge in [0.25, 0.3) is 0 Å². The maximum absolute atomic E-state index is 12.8. The summed E-state index contributed by atoms with van der Waals surface area (Å²) >= 11 is 0. The van der Waals surface area contributed by atoms with E-state index in [9.17, 15) is 14.7 Å². The van der Waals surface area contributed by atoms with Crippen molar-refractivity contribution in [1.82, 2.24) is 0 Å². The number of fused-ring (bicyclic) bond motifs is 3. The zero-order chi connectivity index (χ0) is 17.0.